The van der Waals surface area contributed by atoms with Crippen molar-refractivity contribution in [2.24, 2.45) is 0 Å². The standard InChI is InChI=1S/C17H21N5OS/c23-17-12-14(19-16-3-5-18-22(16)17)13-21-9-7-20(8-10-21)6-4-15-2-1-11-24-15/h1-3,5,11-12,18H,4,6-10,13H2. The van der Waals surface area contributed by atoms with Crippen LogP contribution in [0, 0.1) is 0 Å². The van der Waals surface area contributed by atoms with Gasteiger partial charge in [0, 0.05) is 62.5 Å². The molecule has 6 nitrogen and oxygen atoms in total. The molecule has 0 aliphatic carbocycles. The lowest BCUT2D eigenvalue weighted by Gasteiger charge is -2.34. The molecule has 1 aliphatic rings. The number of aromatic nitrogens is 3. The summed E-state index contributed by atoms with van der Waals surface area (Å²) in [6, 6.07) is 7.79. The summed E-state index contributed by atoms with van der Waals surface area (Å²) < 4.78 is 1.46. The maximum Gasteiger partial charge on any atom is 0.272 e. The molecule has 0 unspecified atom stereocenters. The highest BCUT2D eigenvalue weighted by Gasteiger charge is 2.17. The first kappa shape index (κ1) is 15.6. The molecule has 3 aromatic rings. The normalized spacial score (nSPS) is 16.8. The number of thiophene rings is 1. The fourth-order valence-corrected chi connectivity index (χ4v) is 3.88. The molecule has 0 aromatic carbocycles. The van der Waals surface area contributed by atoms with E-state index in [-0.39, 0.29) is 5.56 Å². The SMILES string of the molecule is O=c1cc(CN2CCN(CCc3cccs3)CC2)nc2cc[nH]n12. The van der Waals surface area contributed by atoms with Crippen molar-refractivity contribution < 1.29 is 0 Å². The molecule has 1 N–H and O–H groups in total. The second-order valence-electron chi connectivity index (χ2n) is 6.19. The third kappa shape index (κ3) is 3.43. The van der Waals surface area contributed by atoms with Crippen LogP contribution < -0.4 is 5.56 Å². The number of H-pyrrole nitrogens is 1. The van der Waals surface area contributed by atoms with E-state index >= 15 is 0 Å². The molecule has 0 saturated carbocycles. The zero-order valence-electron chi connectivity index (χ0n) is 13.5. The third-order valence-corrected chi connectivity index (χ3v) is 5.47. The van der Waals surface area contributed by atoms with Gasteiger partial charge in [-0.25, -0.2) is 9.50 Å². The van der Waals surface area contributed by atoms with Crippen molar-refractivity contribution in [3.63, 3.8) is 0 Å². The Balaban J connectivity index is 1.31. The molecule has 0 atom stereocenters. The topological polar surface area (TPSA) is 56.6 Å². The molecular formula is C17H21N5OS. The minimum atomic E-state index is -0.0467. The smallest absolute Gasteiger partial charge is 0.272 e. The molecule has 1 fully saturated rings. The number of hydrogen-bond acceptors (Lipinski definition) is 5. The summed E-state index contributed by atoms with van der Waals surface area (Å²) in [5.74, 6) is 0. The van der Waals surface area contributed by atoms with Crippen LogP contribution in [0.15, 0.2) is 40.6 Å². The molecule has 0 bridgehead atoms. The largest absolute Gasteiger partial charge is 0.300 e. The number of rotatable bonds is 5. The minimum Gasteiger partial charge on any atom is -0.300 e. The summed E-state index contributed by atoms with van der Waals surface area (Å²) in [4.78, 5) is 22.9. The average Bonchev–Trinajstić information content (AvgIpc) is 3.26. The van der Waals surface area contributed by atoms with Crippen LogP contribution in [0.25, 0.3) is 5.65 Å². The Labute approximate surface area is 144 Å². The Bertz CT molecular complexity index is 845. The van der Waals surface area contributed by atoms with Crippen molar-refractivity contribution in [2.45, 2.75) is 13.0 Å². The molecular weight excluding hydrogens is 322 g/mol. The van der Waals surface area contributed by atoms with Crippen LogP contribution in [0.3, 0.4) is 0 Å². The first-order valence-corrected chi connectivity index (χ1v) is 9.19. The molecule has 3 aromatic heterocycles. The molecule has 7 heteroatoms. The van der Waals surface area contributed by atoms with E-state index < -0.39 is 0 Å². The maximum atomic E-state index is 12.0. The van der Waals surface area contributed by atoms with Crippen molar-refractivity contribution in [1.29, 1.82) is 0 Å². The molecule has 1 saturated heterocycles. The van der Waals surface area contributed by atoms with Gasteiger partial charge >= 0.3 is 0 Å². The lowest BCUT2D eigenvalue weighted by atomic mass is 10.2. The van der Waals surface area contributed by atoms with Crippen LogP contribution >= 0.6 is 11.3 Å². The van der Waals surface area contributed by atoms with E-state index in [1.807, 2.05) is 17.4 Å². The van der Waals surface area contributed by atoms with E-state index in [1.165, 1.54) is 9.39 Å². The van der Waals surface area contributed by atoms with Gasteiger partial charge in [0.2, 0.25) is 0 Å². The van der Waals surface area contributed by atoms with Gasteiger partial charge in [-0.1, -0.05) is 6.07 Å². The number of nitrogens with zero attached hydrogens (tertiary/aromatic N) is 4. The summed E-state index contributed by atoms with van der Waals surface area (Å²) in [5.41, 5.74) is 1.49. The van der Waals surface area contributed by atoms with Gasteiger partial charge in [0.05, 0.1) is 5.69 Å². The summed E-state index contributed by atoms with van der Waals surface area (Å²) in [5, 5.41) is 5.02. The average molecular weight is 343 g/mol. The van der Waals surface area contributed by atoms with Crippen LogP contribution in [-0.4, -0.2) is 57.1 Å². The molecule has 0 amide bonds. The van der Waals surface area contributed by atoms with E-state index in [4.69, 9.17) is 0 Å². The van der Waals surface area contributed by atoms with Crippen LogP contribution in [-0.2, 0) is 13.0 Å². The van der Waals surface area contributed by atoms with Gasteiger partial charge in [-0.15, -0.1) is 11.3 Å². The molecule has 1 aliphatic heterocycles. The van der Waals surface area contributed by atoms with Crippen molar-refractivity contribution in [1.82, 2.24) is 24.4 Å². The molecule has 4 rings (SSSR count). The Kier molecular flexibility index (Phi) is 4.46. The highest BCUT2D eigenvalue weighted by molar-refractivity contribution is 7.09. The number of nitrogens with one attached hydrogen (secondary N) is 1. The second kappa shape index (κ2) is 6.88. The van der Waals surface area contributed by atoms with Crippen LogP contribution in [0.2, 0.25) is 0 Å². The quantitative estimate of drug-likeness (QED) is 0.762. The van der Waals surface area contributed by atoms with Gasteiger partial charge in [-0.2, -0.15) is 0 Å². The predicted molar refractivity (Wildman–Crippen MR) is 95.6 cm³/mol. The van der Waals surface area contributed by atoms with E-state index in [0.717, 1.165) is 51.4 Å². The minimum absolute atomic E-state index is 0.0467. The predicted octanol–water partition coefficient (Wildman–Crippen LogP) is 1.44. The fraction of sp³-hybridized carbons (Fsp3) is 0.412. The lowest BCUT2D eigenvalue weighted by molar-refractivity contribution is 0.127. The van der Waals surface area contributed by atoms with Crippen LogP contribution in [0.5, 0.6) is 0 Å². The van der Waals surface area contributed by atoms with Gasteiger partial charge in [0.15, 0.2) is 5.65 Å². The molecule has 0 radical (unpaired) electrons. The monoisotopic (exact) mass is 343 g/mol. The first-order chi connectivity index (χ1) is 11.8. The number of fused-ring (bicyclic) bond motifs is 1. The van der Waals surface area contributed by atoms with Crippen molar-refractivity contribution in [3.05, 3.63) is 56.8 Å². The molecule has 4 heterocycles. The Morgan fingerprint density at radius 1 is 1.17 bits per heavy atom. The van der Waals surface area contributed by atoms with E-state index in [0.29, 0.717) is 5.65 Å². The summed E-state index contributed by atoms with van der Waals surface area (Å²) in [6.07, 6.45) is 2.88. The van der Waals surface area contributed by atoms with Gasteiger partial charge in [0.1, 0.15) is 0 Å². The third-order valence-electron chi connectivity index (χ3n) is 4.54. The lowest BCUT2D eigenvalue weighted by Crippen LogP contribution is -2.46. The van der Waals surface area contributed by atoms with Crippen LogP contribution in [0.4, 0.5) is 0 Å². The van der Waals surface area contributed by atoms with Crippen molar-refractivity contribution in [2.75, 3.05) is 32.7 Å². The van der Waals surface area contributed by atoms with E-state index in [9.17, 15) is 4.79 Å². The van der Waals surface area contributed by atoms with Crippen LogP contribution in [0.1, 0.15) is 10.6 Å². The summed E-state index contributed by atoms with van der Waals surface area (Å²) in [7, 11) is 0. The van der Waals surface area contributed by atoms with Gasteiger partial charge in [0.25, 0.3) is 5.56 Å². The number of hydrogen-bond donors (Lipinski definition) is 1. The second-order valence-corrected chi connectivity index (χ2v) is 7.22. The number of aromatic amines is 1. The van der Waals surface area contributed by atoms with Crippen molar-refractivity contribution >= 4 is 17.0 Å². The zero-order valence-corrected chi connectivity index (χ0v) is 14.3. The summed E-state index contributed by atoms with van der Waals surface area (Å²) in [6.45, 7) is 6.09. The Morgan fingerprint density at radius 2 is 2.00 bits per heavy atom. The molecule has 126 valence electrons. The number of piperazine rings is 1. The van der Waals surface area contributed by atoms with E-state index in [1.54, 1.807) is 12.3 Å². The molecule has 24 heavy (non-hydrogen) atoms. The Hall–Kier alpha value is -1.96. The van der Waals surface area contributed by atoms with Crippen molar-refractivity contribution in [3.8, 4) is 0 Å². The first-order valence-electron chi connectivity index (χ1n) is 8.31. The molecule has 0 spiro atoms. The highest BCUT2D eigenvalue weighted by Crippen LogP contribution is 2.12. The highest BCUT2D eigenvalue weighted by atomic mass is 32.1. The fourth-order valence-electron chi connectivity index (χ4n) is 3.18. The van der Waals surface area contributed by atoms with Gasteiger partial charge < -0.3 is 4.90 Å². The van der Waals surface area contributed by atoms with Gasteiger partial charge in [-0.3, -0.25) is 14.8 Å². The van der Waals surface area contributed by atoms with Gasteiger partial charge in [-0.05, 0) is 17.9 Å². The zero-order chi connectivity index (χ0) is 16.4. The maximum absolute atomic E-state index is 12.0. The Morgan fingerprint density at radius 3 is 2.79 bits per heavy atom. The summed E-state index contributed by atoms with van der Waals surface area (Å²) >= 11 is 1.84. The van der Waals surface area contributed by atoms with E-state index in [2.05, 4.69) is 37.4 Å².